The van der Waals surface area contributed by atoms with E-state index in [1.807, 2.05) is 55.5 Å². The summed E-state index contributed by atoms with van der Waals surface area (Å²) in [5, 5.41) is 26.5. The number of aliphatic carboxylic acids is 1. The number of carboxylic acid groups (broad SMARTS) is 1. The monoisotopic (exact) mass is 808 g/mol. The van der Waals surface area contributed by atoms with E-state index < -0.39 is 29.4 Å². The molecule has 2 radical (unpaired) electrons. The van der Waals surface area contributed by atoms with E-state index in [2.05, 4.69) is 30.7 Å². The van der Waals surface area contributed by atoms with Crippen molar-refractivity contribution >= 4 is 26.4 Å². The first-order valence-electron chi connectivity index (χ1n) is 17.5. The summed E-state index contributed by atoms with van der Waals surface area (Å²) < 4.78 is 80.8. The molecule has 0 amide bonds. The van der Waals surface area contributed by atoms with E-state index in [1.54, 1.807) is 42.4 Å². The highest BCUT2D eigenvalue weighted by Crippen LogP contribution is 2.34. The van der Waals surface area contributed by atoms with Crippen LogP contribution in [0.15, 0.2) is 109 Å². The van der Waals surface area contributed by atoms with E-state index in [-0.39, 0.29) is 13.2 Å². The number of hydrogen-bond acceptors (Lipinski definition) is 5. The third-order valence-electron chi connectivity index (χ3n) is 8.72. The molecule has 0 bridgehead atoms. The molecule has 6 rings (SSSR count). The second-order valence-electron chi connectivity index (χ2n) is 12.3. The van der Waals surface area contributed by atoms with Crippen molar-refractivity contribution in [3.63, 3.8) is 0 Å². The van der Waals surface area contributed by atoms with E-state index in [0.29, 0.717) is 36.2 Å². The summed E-state index contributed by atoms with van der Waals surface area (Å²) in [6.07, 6.45) is -3.00. The minimum atomic E-state index is -4.38. The molecule has 0 atom stereocenters. The molecule has 2 aromatic heterocycles. The van der Waals surface area contributed by atoms with Crippen LogP contribution in [-0.4, -0.2) is 56.5 Å². The molecule has 2 N–H and O–H groups in total. The first-order chi connectivity index (χ1) is 27.2. The lowest BCUT2D eigenvalue weighted by molar-refractivity contribution is -0.138. The Labute approximate surface area is 334 Å². The van der Waals surface area contributed by atoms with E-state index in [4.69, 9.17) is 10.2 Å². The highest BCUT2D eigenvalue weighted by atomic mass is 32.1. The Hall–Kier alpha value is -5.28. The smallest absolute Gasteiger partial charge is 0.416 e. The van der Waals surface area contributed by atoms with Crippen LogP contribution in [0, 0.1) is 13.8 Å². The number of nitrogens with zero attached hydrogens (tertiary/aromatic N) is 4. The molecular weight excluding hydrogens is 765 g/mol. The van der Waals surface area contributed by atoms with Gasteiger partial charge >= 0.3 is 18.3 Å². The second kappa shape index (κ2) is 21.3. The Morgan fingerprint density at radius 2 is 1.05 bits per heavy atom. The number of aliphatic hydroxyl groups excluding tert-OH is 1. The van der Waals surface area contributed by atoms with Crippen molar-refractivity contribution in [2.24, 2.45) is 0 Å². The maximum atomic E-state index is 13.0. The number of thiol groups is 1. The van der Waals surface area contributed by atoms with Gasteiger partial charge in [0.05, 0.1) is 44.5 Å². The molecular formula is C42H43BF6N4O3S. The van der Waals surface area contributed by atoms with Gasteiger partial charge in [0, 0.05) is 22.5 Å². The van der Waals surface area contributed by atoms with Crippen molar-refractivity contribution in [2.75, 3.05) is 12.9 Å². The number of carboxylic acids is 1. The van der Waals surface area contributed by atoms with Gasteiger partial charge in [0.15, 0.2) is 0 Å². The average Bonchev–Trinajstić information content (AvgIpc) is 3.73. The molecule has 300 valence electrons. The Morgan fingerprint density at radius 1 is 0.649 bits per heavy atom. The number of rotatable bonds is 10. The van der Waals surface area contributed by atoms with Gasteiger partial charge in [-0.05, 0) is 78.5 Å². The number of halogens is 6. The highest BCUT2D eigenvalue weighted by molar-refractivity contribution is 7.79. The highest BCUT2D eigenvalue weighted by Gasteiger charge is 2.31. The average molecular weight is 809 g/mol. The summed E-state index contributed by atoms with van der Waals surface area (Å²) in [7, 11) is 4.50. The number of benzene rings is 4. The SMILES string of the molecule is CS.Cc1c(-c2ccccc2Cc2cccc(C(F)(F)F)c2)cnn1CC(=O)O.Cc1c(-c2ccccc2Cc2cccc(C(F)(F)F)c2)cnn1CCO.[B]C. The Morgan fingerprint density at radius 3 is 1.46 bits per heavy atom. The maximum Gasteiger partial charge on any atom is 0.416 e. The molecule has 0 aliphatic heterocycles. The zero-order valence-corrected chi connectivity index (χ0v) is 32.7. The third kappa shape index (κ3) is 12.6. The standard InChI is InChI=1S/C20H17F3N2O2.C20H19F3N2O.CH3B.CH4S/c1-13-18(11-24-25(13)12-19(26)27)17-8-3-2-6-15(17)9-14-5-4-7-16(10-14)20(21,22)23;1-14-19(13-24-25(14)9-10-26)18-8-3-2-6-16(18)11-15-5-4-7-17(12-15)20(21,22)23;2*1-2/h2-8,10-11H,9,12H2,1H3,(H,26,27);2-8,12-13,26H,9-11H2,1H3;1H3;2H,1H3. The first-order valence-corrected chi connectivity index (χ1v) is 18.4. The molecule has 2 heterocycles. The fourth-order valence-electron chi connectivity index (χ4n) is 6.06. The number of aliphatic hydroxyl groups is 1. The minimum absolute atomic E-state index is 0.00611. The zero-order chi connectivity index (χ0) is 42.3. The first kappa shape index (κ1) is 46.1. The van der Waals surface area contributed by atoms with Gasteiger partial charge in [-0.25, -0.2) is 0 Å². The zero-order valence-electron chi connectivity index (χ0n) is 31.8. The van der Waals surface area contributed by atoms with Gasteiger partial charge in [0.2, 0.25) is 0 Å². The topological polar surface area (TPSA) is 93.2 Å². The van der Waals surface area contributed by atoms with E-state index in [9.17, 15) is 31.1 Å². The lowest BCUT2D eigenvalue weighted by atomic mass is 9.94. The quantitative estimate of drug-likeness (QED) is 0.0729. The van der Waals surface area contributed by atoms with Crippen molar-refractivity contribution in [2.45, 2.75) is 59.0 Å². The van der Waals surface area contributed by atoms with Crippen molar-refractivity contribution in [1.82, 2.24) is 19.6 Å². The van der Waals surface area contributed by atoms with E-state index in [1.165, 1.54) is 29.7 Å². The van der Waals surface area contributed by atoms with Crippen LogP contribution in [0.25, 0.3) is 22.3 Å². The van der Waals surface area contributed by atoms with Crippen LogP contribution in [0.2, 0.25) is 6.82 Å². The van der Waals surface area contributed by atoms with Gasteiger partial charge in [-0.15, -0.1) is 0 Å². The molecule has 57 heavy (non-hydrogen) atoms. The van der Waals surface area contributed by atoms with Crippen LogP contribution >= 0.6 is 12.6 Å². The van der Waals surface area contributed by atoms with Crippen LogP contribution < -0.4 is 0 Å². The van der Waals surface area contributed by atoms with Crippen LogP contribution in [0.5, 0.6) is 0 Å². The number of carbonyl (C=O) groups is 1. The van der Waals surface area contributed by atoms with Crippen LogP contribution in [0.4, 0.5) is 26.3 Å². The minimum Gasteiger partial charge on any atom is -0.480 e. The van der Waals surface area contributed by atoms with Crippen molar-refractivity contribution in [3.8, 4) is 22.3 Å². The molecule has 0 saturated heterocycles. The lowest BCUT2D eigenvalue weighted by Crippen LogP contribution is -2.11. The summed E-state index contributed by atoms with van der Waals surface area (Å²) in [6.45, 7) is 5.34. The summed E-state index contributed by atoms with van der Waals surface area (Å²) in [6, 6.07) is 25.7. The van der Waals surface area contributed by atoms with Crippen molar-refractivity contribution in [1.29, 1.82) is 0 Å². The molecule has 6 aromatic rings. The molecule has 0 aliphatic carbocycles. The van der Waals surface area contributed by atoms with Crippen molar-refractivity contribution < 1.29 is 41.4 Å². The maximum absolute atomic E-state index is 13.0. The van der Waals surface area contributed by atoms with Gasteiger partial charge in [0.1, 0.15) is 6.54 Å². The molecule has 0 spiro atoms. The van der Waals surface area contributed by atoms with Crippen molar-refractivity contribution in [3.05, 3.63) is 154 Å². The summed E-state index contributed by atoms with van der Waals surface area (Å²) in [5.41, 5.74) is 6.65. The Balaban J connectivity index is 0.000000281. The fraction of sp³-hybridized carbons (Fsp3) is 0.262. The van der Waals surface area contributed by atoms with Gasteiger partial charge in [0.25, 0.3) is 0 Å². The van der Waals surface area contributed by atoms with Crippen LogP contribution in [0.3, 0.4) is 0 Å². The number of aromatic nitrogens is 4. The lowest BCUT2D eigenvalue weighted by Gasteiger charge is -2.12. The molecule has 0 saturated carbocycles. The predicted molar refractivity (Wildman–Crippen MR) is 215 cm³/mol. The Kier molecular flexibility index (Phi) is 17.2. The summed E-state index contributed by atoms with van der Waals surface area (Å²) in [5.74, 6) is -0.995. The second-order valence-corrected chi connectivity index (χ2v) is 12.3. The third-order valence-corrected chi connectivity index (χ3v) is 8.72. The Bertz CT molecular complexity index is 2200. The van der Waals surface area contributed by atoms with Gasteiger partial charge in [-0.3, -0.25) is 14.2 Å². The normalized spacial score (nSPS) is 11.0. The molecule has 0 unspecified atom stereocenters. The van der Waals surface area contributed by atoms with E-state index in [0.717, 1.165) is 57.3 Å². The van der Waals surface area contributed by atoms with Crippen LogP contribution in [0.1, 0.15) is 44.8 Å². The molecule has 0 fully saturated rings. The molecule has 15 heteroatoms. The summed E-state index contributed by atoms with van der Waals surface area (Å²) >= 11 is 3.53. The number of alkyl halides is 6. The van der Waals surface area contributed by atoms with Crippen LogP contribution in [-0.2, 0) is 43.1 Å². The molecule has 0 aliphatic rings. The molecule has 4 aromatic carbocycles. The summed E-state index contributed by atoms with van der Waals surface area (Å²) in [4.78, 5) is 10.9. The van der Waals surface area contributed by atoms with Gasteiger partial charge < -0.3 is 10.2 Å². The van der Waals surface area contributed by atoms with Gasteiger partial charge in [-0.2, -0.15) is 49.2 Å². The fourth-order valence-corrected chi connectivity index (χ4v) is 6.06. The molecule has 7 nitrogen and oxygen atoms in total. The van der Waals surface area contributed by atoms with Gasteiger partial charge in [-0.1, -0.05) is 91.8 Å². The van der Waals surface area contributed by atoms with E-state index >= 15 is 0 Å². The largest absolute Gasteiger partial charge is 0.480 e. The predicted octanol–water partition coefficient (Wildman–Crippen LogP) is 9.76. The number of hydrogen-bond donors (Lipinski definition) is 3.